The molecule has 8 heteroatoms. The van der Waals surface area contributed by atoms with Crippen molar-refractivity contribution in [2.75, 3.05) is 19.8 Å². The van der Waals surface area contributed by atoms with Crippen LogP contribution in [-0.2, 0) is 13.8 Å². The van der Waals surface area contributed by atoms with Crippen molar-refractivity contribution in [2.45, 2.75) is 24.7 Å². The normalized spacial score (nSPS) is 15.3. The van der Waals surface area contributed by atoms with E-state index in [1.807, 2.05) is 0 Å². The Bertz CT molecular complexity index is 593. The zero-order valence-electron chi connectivity index (χ0n) is 11.0. The highest BCUT2D eigenvalue weighted by Crippen LogP contribution is 2.29. The third-order valence-electron chi connectivity index (χ3n) is 2.94. The zero-order valence-corrected chi connectivity index (χ0v) is 13.4. The number of thiophene rings is 1. The largest absolute Gasteiger partial charge is 0.379 e. The number of hydrogen-bond acceptors (Lipinski definition) is 5. The van der Waals surface area contributed by atoms with Crippen LogP contribution in [0.3, 0.4) is 0 Å². The van der Waals surface area contributed by atoms with Crippen molar-refractivity contribution in [2.24, 2.45) is 5.92 Å². The summed E-state index contributed by atoms with van der Waals surface area (Å²) in [4.78, 5) is 12.7. The van der Waals surface area contributed by atoms with Crippen LogP contribution in [0.1, 0.15) is 27.4 Å². The minimum atomic E-state index is -3.80. The van der Waals surface area contributed by atoms with E-state index < -0.39 is 9.05 Å². The highest BCUT2D eigenvalue weighted by atomic mass is 35.7. The third kappa shape index (κ3) is 4.44. The lowest BCUT2D eigenvalue weighted by Crippen LogP contribution is -2.26. The number of nitrogens with one attached hydrogen (secondary N) is 1. The summed E-state index contributed by atoms with van der Waals surface area (Å²) in [7, 11) is 1.49. The second kappa shape index (κ2) is 6.43. The first-order valence-electron chi connectivity index (χ1n) is 6.29. The fourth-order valence-corrected chi connectivity index (χ4v) is 4.26. The lowest BCUT2D eigenvalue weighted by Gasteiger charge is -2.04. The molecule has 1 amide bonds. The van der Waals surface area contributed by atoms with E-state index in [-0.39, 0.29) is 10.8 Å². The second-order valence-corrected chi connectivity index (χ2v) is 8.53. The number of amides is 1. The molecule has 1 aromatic heterocycles. The van der Waals surface area contributed by atoms with Gasteiger partial charge in [-0.15, -0.1) is 11.3 Å². The summed E-state index contributed by atoms with van der Waals surface area (Å²) in [5.41, 5.74) is 0. The summed E-state index contributed by atoms with van der Waals surface area (Å²) >= 11 is 1.11. The third-order valence-corrected chi connectivity index (χ3v) is 5.57. The average molecular weight is 338 g/mol. The second-order valence-electron chi connectivity index (χ2n) is 4.74. The predicted molar refractivity (Wildman–Crippen MR) is 78.0 cm³/mol. The van der Waals surface area contributed by atoms with E-state index in [0.29, 0.717) is 28.8 Å². The van der Waals surface area contributed by atoms with Gasteiger partial charge in [0.25, 0.3) is 15.0 Å². The van der Waals surface area contributed by atoms with Gasteiger partial charge >= 0.3 is 0 Å². The topological polar surface area (TPSA) is 72.5 Å². The molecule has 1 N–H and O–H groups in total. The number of ether oxygens (including phenoxy) is 1. The highest BCUT2D eigenvalue weighted by Gasteiger charge is 2.21. The molecule has 0 radical (unpaired) electrons. The van der Waals surface area contributed by atoms with Crippen LogP contribution in [-0.4, -0.2) is 34.1 Å². The van der Waals surface area contributed by atoms with Crippen molar-refractivity contribution in [3.05, 3.63) is 15.8 Å². The highest BCUT2D eigenvalue weighted by molar-refractivity contribution is 8.13. The van der Waals surface area contributed by atoms with Crippen LogP contribution in [0.15, 0.2) is 11.0 Å². The molecule has 0 saturated heterocycles. The van der Waals surface area contributed by atoms with Crippen molar-refractivity contribution in [1.29, 1.82) is 0 Å². The SMILES string of the molecule is Cc1sc(C(=O)NCCOCC2CC2)cc1S(=O)(=O)Cl. The van der Waals surface area contributed by atoms with Crippen molar-refractivity contribution >= 4 is 37.0 Å². The molecule has 112 valence electrons. The Balaban J connectivity index is 1.82. The van der Waals surface area contributed by atoms with Crippen LogP contribution in [0.25, 0.3) is 0 Å². The maximum atomic E-state index is 11.9. The molecule has 1 saturated carbocycles. The first-order valence-corrected chi connectivity index (χ1v) is 9.41. The van der Waals surface area contributed by atoms with Gasteiger partial charge in [0.2, 0.25) is 0 Å². The minimum Gasteiger partial charge on any atom is -0.379 e. The van der Waals surface area contributed by atoms with E-state index in [2.05, 4.69) is 5.32 Å². The summed E-state index contributed by atoms with van der Waals surface area (Å²) in [6, 6.07) is 1.31. The Morgan fingerprint density at radius 1 is 1.55 bits per heavy atom. The molecule has 1 heterocycles. The van der Waals surface area contributed by atoms with Gasteiger partial charge < -0.3 is 10.1 Å². The van der Waals surface area contributed by atoms with Crippen LogP contribution in [0.5, 0.6) is 0 Å². The Labute approximate surface area is 126 Å². The molecule has 0 unspecified atom stereocenters. The maximum absolute atomic E-state index is 11.9. The Hall–Kier alpha value is -0.630. The van der Waals surface area contributed by atoms with Crippen molar-refractivity contribution in [3.8, 4) is 0 Å². The average Bonchev–Trinajstić information content (AvgIpc) is 3.08. The molecule has 20 heavy (non-hydrogen) atoms. The molecule has 2 rings (SSSR count). The molecule has 0 aliphatic heterocycles. The number of rotatable bonds is 7. The van der Waals surface area contributed by atoms with Gasteiger partial charge in [-0.25, -0.2) is 8.42 Å². The Morgan fingerprint density at radius 2 is 2.25 bits per heavy atom. The van der Waals surface area contributed by atoms with Gasteiger partial charge in [0.15, 0.2) is 0 Å². The molecule has 1 aromatic rings. The van der Waals surface area contributed by atoms with E-state index >= 15 is 0 Å². The molecule has 0 spiro atoms. The van der Waals surface area contributed by atoms with Crippen LogP contribution in [0, 0.1) is 12.8 Å². The Morgan fingerprint density at radius 3 is 2.80 bits per heavy atom. The van der Waals surface area contributed by atoms with Crippen LogP contribution in [0.2, 0.25) is 0 Å². The molecule has 1 aliphatic carbocycles. The molecule has 1 aliphatic rings. The lowest BCUT2D eigenvalue weighted by molar-refractivity contribution is 0.0910. The monoisotopic (exact) mass is 337 g/mol. The van der Waals surface area contributed by atoms with Crippen LogP contribution < -0.4 is 5.32 Å². The first-order chi connectivity index (χ1) is 9.38. The van der Waals surface area contributed by atoms with Crippen molar-refractivity contribution in [3.63, 3.8) is 0 Å². The van der Waals surface area contributed by atoms with E-state index in [0.717, 1.165) is 17.9 Å². The number of carbonyl (C=O) groups is 1. The van der Waals surface area contributed by atoms with E-state index in [4.69, 9.17) is 15.4 Å². The summed E-state index contributed by atoms with van der Waals surface area (Å²) in [5.74, 6) is 0.391. The Kier molecular flexibility index (Phi) is 5.06. The minimum absolute atomic E-state index is 0.000648. The maximum Gasteiger partial charge on any atom is 0.262 e. The smallest absolute Gasteiger partial charge is 0.262 e. The number of halogens is 1. The van der Waals surface area contributed by atoms with Crippen molar-refractivity contribution < 1.29 is 17.9 Å². The fraction of sp³-hybridized carbons (Fsp3) is 0.583. The van der Waals surface area contributed by atoms with E-state index in [1.165, 1.54) is 18.9 Å². The van der Waals surface area contributed by atoms with Gasteiger partial charge in [-0.2, -0.15) is 0 Å². The standard InChI is InChI=1S/C12H16ClNO4S2/c1-8-11(20(13,16)17)6-10(19-8)12(15)14-4-5-18-7-9-2-3-9/h6,9H,2-5,7H2,1H3,(H,14,15). The quantitative estimate of drug-likeness (QED) is 0.611. The van der Waals surface area contributed by atoms with Gasteiger partial charge in [-0.05, 0) is 31.7 Å². The number of carbonyl (C=O) groups excluding carboxylic acids is 1. The van der Waals surface area contributed by atoms with Gasteiger partial charge in [0.05, 0.1) is 16.4 Å². The van der Waals surface area contributed by atoms with Crippen LogP contribution in [0.4, 0.5) is 0 Å². The summed E-state index contributed by atoms with van der Waals surface area (Å²) < 4.78 is 28.0. The number of hydrogen-bond donors (Lipinski definition) is 1. The molecular formula is C12H16ClNO4S2. The predicted octanol–water partition coefficient (Wildman–Crippen LogP) is 2.14. The van der Waals surface area contributed by atoms with Gasteiger partial charge in [-0.3, -0.25) is 4.79 Å². The van der Waals surface area contributed by atoms with E-state index in [9.17, 15) is 13.2 Å². The first kappa shape index (κ1) is 15.8. The fourth-order valence-electron chi connectivity index (χ4n) is 1.68. The zero-order chi connectivity index (χ0) is 14.8. The summed E-state index contributed by atoms with van der Waals surface area (Å²) in [5, 5.41) is 2.69. The lowest BCUT2D eigenvalue weighted by atomic mass is 10.4. The summed E-state index contributed by atoms with van der Waals surface area (Å²) in [6.07, 6.45) is 2.47. The van der Waals surface area contributed by atoms with Crippen LogP contribution >= 0.6 is 22.0 Å². The van der Waals surface area contributed by atoms with E-state index in [1.54, 1.807) is 6.92 Å². The molecule has 1 fully saturated rings. The molecular weight excluding hydrogens is 322 g/mol. The van der Waals surface area contributed by atoms with Gasteiger partial charge in [0, 0.05) is 28.7 Å². The number of aryl methyl sites for hydroxylation is 1. The molecule has 0 aromatic carbocycles. The summed E-state index contributed by atoms with van der Waals surface area (Å²) in [6.45, 7) is 3.25. The molecule has 0 bridgehead atoms. The molecule has 0 atom stereocenters. The molecule has 5 nitrogen and oxygen atoms in total. The van der Waals surface area contributed by atoms with Crippen molar-refractivity contribution in [1.82, 2.24) is 5.32 Å². The van der Waals surface area contributed by atoms with Gasteiger partial charge in [-0.1, -0.05) is 0 Å². The van der Waals surface area contributed by atoms with Gasteiger partial charge in [0.1, 0.15) is 0 Å².